The van der Waals surface area contributed by atoms with Gasteiger partial charge in [-0.25, -0.2) is 4.99 Å². The van der Waals surface area contributed by atoms with Gasteiger partial charge in [0.1, 0.15) is 0 Å². The molecule has 0 unspecified atom stereocenters. The summed E-state index contributed by atoms with van der Waals surface area (Å²) in [7, 11) is 7.91. The Kier molecular flexibility index (Phi) is 4.58. The molecule has 3 heteroatoms. The first-order valence-electron chi connectivity index (χ1n) is 5.24. The Morgan fingerprint density at radius 3 is 2.12 bits per heavy atom. The van der Waals surface area contributed by atoms with Gasteiger partial charge in [-0.15, -0.1) is 0 Å². The van der Waals surface area contributed by atoms with Gasteiger partial charge >= 0.3 is 0 Å². The lowest BCUT2D eigenvalue weighted by atomic mass is 10.2. The molecular weight excluding hydrogens is 198 g/mol. The van der Waals surface area contributed by atoms with E-state index in [0.29, 0.717) is 0 Å². The second-order valence-corrected chi connectivity index (χ2v) is 4.05. The highest BCUT2D eigenvalue weighted by molar-refractivity contribution is 5.72. The zero-order valence-electron chi connectivity index (χ0n) is 10.4. The lowest BCUT2D eigenvalue weighted by molar-refractivity contribution is 0.564. The van der Waals surface area contributed by atoms with E-state index < -0.39 is 0 Å². The van der Waals surface area contributed by atoms with Gasteiger partial charge in [0.25, 0.3) is 0 Å². The van der Waals surface area contributed by atoms with E-state index in [9.17, 15) is 0 Å². The second kappa shape index (κ2) is 5.95. The van der Waals surface area contributed by atoms with Crippen molar-refractivity contribution >= 4 is 12.0 Å². The molecule has 0 fully saturated rings. The largest absolute Gasteiger partial charge is 0.382 e. The molecule has 0 heterocycles. The van der Waals surface area contributed by atoms with Crippen LogP contribution in [-0.2, 0) is 0 Å². The fraction of sp³-hybridized carbons (Fsp3) is 0.308. The van der Waals surface area contributed by atoms with E-state index in [1.54, 1.807) is 0 Å². The molecule has 1 aromatic rings. The summed E-state index contributed by atoms with van der Waals surface area (Å²) in [6, 6.07) is 10.2. The minimum Gasteiger partial charge on any atom is -0.382 e. The lowest BCUT2D eigenvalue weighted by Crippen LogP contribution is -2.08. The highest BCUT2D eigenvalue weighted by Gasteiger charge is 1.98. The zero-order valence-corrected chi connectivity index (χ0v) is 10.4. The van der Waals surface area contributed by atoms with E-state index in [-0.39, 0.29) is 0 Å². The Labute approximate surface area is 97.7 Å². The van der Waals surface area contributed by atoms with Crippen molar-refractivity contribution in [1.29, 1.82) is 0 Å². The van der Waals surface area contributed by atoms with Gasteiger partial charge in [-0.3, -0.25) is 0 Å². The molecule has 0 aromatic heterocycles. The number of rotatable bonds is 4. The lowest BCUT2D eigenvalue weighted by Gasteiger charge is -2.10. The first-order valence-corrected chi connectivity index (χ1v) is 5.24. The van der Waals surface area contributed by atoms with Crippen molar-refractivity contribution < 1.29 is 0 Å². The van der Waals surface area contributed by atoms with E-state index in [1.165, 1.54) is 0 Å². The molecule has 0 saturated heterocycles. The second-order valence-electron chi connectivity index (χ2n) is 4.05. The van der Waals surface area contributed by atoms with Crippen molar-refractivity contribution in [2.24, 2.45) is 4.99 Å². The summed E-state index contributed by atoms with van der Waals surface area (Å²) in [6.45, 7) is 0. The maximum absolute atomic E-state index is 4.45. The van der Waals surface area contributed by atoms with Crippen LogP contribution in [0.3, 0.4) is 0 Å². The molecule has 3 nitrogen and oxygen atoms in total. The zero-order chi connectivity index (χ0) is 12.0. The number of hydrogen-bond acceptors (Lipinski definition) is 2. The van der Waals surface area contributed by atoms with Crippen molar-refractivity contribution in [3.05, 3.63) is 42.1 Å². The fourth-order valence-corrected chi connectivity index (χ4v) is 1.21. The van der Waals surface area contributed by atoms with Gasteiger partial charge in [-0.05, 0) is 0 Å². The number of nitrogens with zero attached hydrogens (tertiary/aromatic N) is 3. The molecule has 0 amide bonds. The van der Waals surface area contributed by atoms with Gasteiger partial charge in [0.2, 0.25) is 0 Å². The highest BCUT2D eigenvalue weighted by atomic mass is 15.1. The SMILES string of the molecule is CN(C)C=N/C(=C/N(C)C)c1ccccc1. The van der Waals surface area contributed by atoms with Crippen LogP contribution in [0.5, 0.6) is 0 Å². The minimum absolute atomic E-state index is 0.958. The van der Waals surface area contributed by atoms with Gasteiger partial charge < -0.3 is 9.80 Å². The van der Waals surface area contributed by atoms with Crippen LogP contribution in [0, 0.1) is 0 Å². The number of benzene rings is 1. The predicted molar refractivity (Wildman–Crippen MR) is 70.3 cm³/mol. The molecule has 0 spiro atoms. The van der Waals surface area contributed by atoms with Crippen LogP contribution in [-0.4, -0.2) is 44.3 Å². The molecule has 0 radical (unpaired) electrons. The molecule has 16 heavy (non-hydrogen) atoms. The van der Waals surface area contributed by atoms with E-state index in [1.807, 2.05) is 68.7 Å². The first kappa shape index (κ1) is 12.3. The van der Waals surface area contributed by atoms with Crippen LogP contribution in [0.4, 0.5) is 0 Å². The quantitative estimate of drug-likeness (QED) is 0.568. The molecule has 0 aliphatic rings. The Morgan fingerprint density at radius 2 is 1.62 bits per heavy atom. The molecule has 0 saturated carbocycles. The van der Waals surface area contributed by atoms with Gasteiger partial charge in [0.05, 0.1) is 12.0 Å². The van der Waals surface area contributed by atoms with Crippen LogP contribution < -0.4 is 0 Å². The van der Waals surface area contributed by atoms with E-state index in [0.717, 1.165) is 11.3 Å². The Bertz CT molecular complexity index is 364. The van der Waals surface area contributed by atoms with Gasteiger partial charge in [0, 0.05) is 40.0 Å². The monoisotopic (exact) mass is 217 g/mol. The number of aliphatic imine (C=N–C) groups is 1. The van der Waals surface area contributed by atoms with Crippen molar-refractivity contribution in [1.82, 2.24) is 9.80 Å². The summed E-state index contributed by atoms with van der Waals surface area (Å²) >= 11 is 0. The fourth-order valence-electron chi connectivity index (χ4n) is 1.21. The summed E-state index contributed by atoms with van der Waals surface area (Å²) in [4.78, 5) is 8.37. The maximum atomic E-state index is 4.45. The van der Waals surface area contributed by atoms with E-state index in [4.69, 9.17) is 0 Å². The molecule has 0 bridgehead atoms. The average molecular weight is 217 g/mol. The van der Waals surface area contributed by atoms with E-state index >= 15 is 0 Å². The van der Waals surface area contributed by atoms with Crippen LogP contribution in [0.2, 0.25) is 0 Å². The van der Waals surface area contributed by atoms with Crippen LogP contribution >= 0.6 is 0 Å². The van der Waals surface area contributed by atoms with Crippen LogP contribution in [0.25, 0.3) is 5.70 Å². The average Bonchev–Trinajstić information content (AvgIpc) is 2.25. The standard InChI is InChI=1S/C13H19N3/c1-15(2)10-13(14-11-16(3)4)12-8-6-5-7-9-12/h5-11H,1-4H3/b13-10+,14-11?. The Hall–Kier alpha value is -1.77. The molecule has 1 rings (SSSR count). The third-order valence-corrected chi connectivity index (χ3v) is 1.88. The van der Waals surface area contributed by atoms with Gasteiger partial charge in [-0.1, -0.05) is 30.3 Å². The molecular formula is C13H19N3. The summed E-state index contributed by atoms with van der Waals surface area (Å²) in [5.41, 5.74) is 2.08. The van der Waals surface area contributed by atoms with Crippen molar-refractivity contribution in [3.8, 4) is 0 Å². The Morgan fingerprint density at radius 1 is 1.00 bits per heavy atom. The third-order valence-electron chi connectivity index (χ3n) is 1.88. The smallest absolute Gasteiger partial charge is 0.0908 e. The number of hydrogen-bond donors (Lipinski definition) is 0. The third kappa shape index (κ3) is 4.17. The summed E-state index contributed by atoms with van der Waals surface area (Å²) in [6.07, 6.45) is 3.82. The summed E-state index contributed by atoms with van der Waals surface area (Å²) in [5.74, 6) is 0. The molecule has 0 N–H and O–H groups in total. The predicted octanol–water partition coefficient (Wildman–Crippen LogP) is 2.14. The van der Waals surface area contributed by atoms with Gasteiger partial charge in [-0.2, -0.15) is 0 Å². The minimum atomic E-state index is 0.958. The topological polar surface area (TPSA) is 18.8 Å². The van der Waals surface area contributed by atoms with Crippen LogP contribution in [0.1, 0.15) is 5.56 Å². The van der Waals surface area contributed by atoms with E-state index in [2.05, 4.69) is 17.1 Å². The van der Waals surface area contributed by atoms with Crippen molar-refractivity contribution in [2.75, 3.05) is 28.2 Å². The highest BCUT2D eigenvalue weighted by Crippen LogP contribution is 2.15. The summed E-state index contributed by atoms with van der Waals surface area (Å²) < 4.78 is 0. The maximum Gasteiger partial charge on any atom is 0.0908 e. The molecule has 86 valence electrons. The van der Waals surface area contributed by atoms with Crippen LogP contribution in [0.15, 0.2) is 41.5 Å². The molecule has 0 aliphatic carbocycles. The van der Waals surface area contributed by atoms with Crippen molar-refractivity contribution in [3.63, 3.8) is 0 Å². The van der Waals surface area contributed by atoms with Crippen molar-refractivity contribution in [2.45, 2.75) is 0 Å². The molecule has 1 aromatic carbocycles. The first-order chi connectivity index (χ1) is 7.59. The molecule has 0 atom stereocenters. The normalized spacial score (nSPS) is 11.9. The Balaban J connectivity index is 2.98. The molecule has 0 aliphatic heterocycles. The summed E-state index contributed by atoms with van der Waals surface area (Å²) in [5, 5.41) is 0. The van der Waals surface area contributed by atoms with Gasteiger partial charge in [0.15, 0.2) is 0 Å².